The van der Waals surface area contributed by atoms with Gasteiger partial charge in [-0.05, 0) is 60.7 Å². The molecule has 2 aromatic rings. The van der Waals surface area contributed by atoms with Gasteiger partial charge in [-0.3, -0.25) is 4.79 Å². The highest BCUT2D eigenvalue weighted by Gasteiger charge is 2.40. The fourth-order valence-electron chi connectivity index (χ4n) is 3.72. The maximum absolute atomic E-state index is 13.3. The maximum Gasteiger partial charge on any atom is 0.319 e. The molecule has 0 aliphatic heterocycles. The summed E-state index contributed by atoms with van der Waals surface area (Å²) in [6, 6.07) is 12.6. The molecule has 0 bridgehead atoms. The van der Waals surface area contributed by atoms with Gasteiger partial charge in [0.25, 0.3) is 0 Å². The number of nitrogens with zero attached hydrogens (tertiary/aromatic N) is 1. The van der Waals surface area contributed by atoms with E-state index in [1.165, 1.54) is 12.1 Å². The molecular formula is C21H23ClFN3O2. The van der Waals surface area contributed by atoms with E-state index in [2.05, 4.69) is 10.6 Å². The van der Waals surface area contributed by atoms with Crippen LogP contribution in [0.15, 0.2) is 48.5 Å². The first-order valence-electron chi connectivity index (χ1n) is 9.13. The number of anilines is 1. The summed E-state index contributed by atoms with van der Waals surface area (Å²) < 4.78 is 13.3. The second kappa shape index (κ2) is 8.61. The van der Waals surface area contributed by atoms with E-state index in [1.54, 1.807) is 55.4 Å². The van der Waals surface area contributed by atoms with Gasteiger partial charge in [0.1, 0.15) is 5.82 Å². The molecule has 3 atom stereocenters. The van der Waals surface area contributed by atoms with Gasteiger partial charge in [0.05, 0.1) is 0 Å². The molecule has 3 rings (SSSR count). The van der Waals surface area contributed by atoms with Crippen LogP contribution in [0.3, 0.4) is 0 Å². The first-order chi connectivity index (χ1) is 13.3. The smallest absolute Gasteiger partial charge is 0.319 e. The Hall–Kier alpha value is -2.60. The van der Waals surface area contributed by atoms with E-state index in [-0.39, 0.29) is 35.6 Å². The maximum atomic E-state index is 13.3. The summed E-state index contributed by atoms with van der Waals surface area (Å²) in [6.07, 6.45) is 1.15. The van der Waals surface area contributed by atoms with Crippen LogP contribution < -0.4 is 10.6 Å². The molecule has 0 saturated heterocycles. The first kappa shape index (κ1) is 20.1. The Labute approximate surface area is 168 Å². The van der Waals surface area contributed by atoms with Crippen molar-refractivity contribution in [1.29, 1.82) is 0 Å². The molecular weight excluding hydrogens is 381 g/mol. The molecule has 1 aliphatic carbocycles. The molecule has 2 N–H and O–H groups in total. The number of hydrogen-bond donors (Lipinski definition) is 2. The van der Waals surface area contributed by atoms with E-state index in [0.717, 1.165) is 5.56 Å². The predicted molar refractivity (Wildman–Crippen MR) is 108 cm³/mol. The van der Waals surface area contributed by atoms with Gasteiger partial charge in [-0.15, -0.1) is 0 Å². The lowest BCUT2D eigenvalue weighted by Gasteiger charge is -2.22. The van der Waals surface area contributed by atoms with Crippen molar-refractivity contribution in [3.8, 4) is 0 Å². The van der Waals surface area contributed by atoms with Crippen LogP contribution >= 0.6 is 11.6 Å². The van der Waals surface area contributed by atoms with Gasteiger partial charge in [-0.25, -0.2) is 9.18 Å². The molecule has 0 heterocycles. The van der Waals surface area contributed by atoms with Gasteiger partial charge in [-0.2, -0.15) is 0 Å². The van der Waals surface area contributed by atoms with Crippen molar-refractivity contribution in [1.82, 2.24) is 10.2 Å². The van der Waals surface area contributed by atoms with Crippen molar-refractivity contribution in [2.45, 2.75) is 24.8 Å². The number of urea groups is 1. The molecule has 0 radical (unpaired) electrons. The van der Waals surface area contributed by atoms with Crippen LogP contribution in [0.1, 0.15) is 24.3 Å². The lowest BCUT2D eigenvalue weighted by Crippen LogP contribution is -2.37. The monoisotopic (exact) mass is 403 g/mol. The molecule has 148 valence electrons. The van der Waals surface area contributed by atoms with Crippen LogP contribution in [0.2, 0.25) is 5.02 Å². The van der Waals surface area contributed by atoms with Crippen LogP contribution in [0.5, 0.6) is 0 Å². The third kappa shape index (κ3) is 4.81. The fourth-order valence-corrected chi connectivity index (χ4v) is 3.85. The highest BCUT2D eigenvalue weighted by Crippen LogP contribution is 2.40. The summed E-state index contributed by atoms with van der Waals surface area (Å²) in [7, 11) is 3.44. The number of rotatable bonds is 4. The fraction of sp³-hybridized carbons (Fsp3) is 0.333. The zero-order valence-corrected chi connectivity index (χ0v) is 16.5. The first-order valence-corrected chi connectivity index (χ1v) is 9.51. The molecule has 0 aromatic heterocycles. The predicted octanol–water partition coefficient (Wildman–Crippen LogP) is 4.25. The molecule has 1 saturated carbocycles. The third-order valence-electron chi connectivity index (χ3n) is 5.06. The molecule has 3 amide bonds. The molecule has 7 heteroatoms. The van der Waals surface area contributed by atoms with Gasteiger partial charge in [0.15, 0.2) is 0 Å². The topological polar surface area (TPSA) is 61.4 Å². The Balaban J connectivity index is 1.70. The van der Waals surface area contributed by atoms with E-state index in [1.807, 2.05) is 0 Å². The molecule has 2 aromatic carbocycles. The van der Waals surface area contributed by atoms with Crippen molar-refractivity contribution in [2.24, 2.45) is 5.92 Å². The van der Waals surface area contributed by atoms with E-state index in [4.69, 9.17) is 11.6 Å². The Morgan fingerprint density at radius 2 is 1.68 bits per heavy atom. The Morgan fingerprint density at radius 1 is 1.04 bits per heavy atom. The lowest BCUT2D eigenvalue weighted by molar-refractivity contribution is -0.133. The Kier molecular flexibility index (Phi) is 6.19. The quantitative estimate of drug-likeness (QED) is 0.801. The normalized spacial score (nSPS) is 21.2. The molecule has 1 aliphatic rings. The van der Waals surface area contributed by atoms with Crippen LogP contribution in [0.25, 0.3) is 0 Å². The average molecular weight is 404 g/mol. The number of amides is 3. The van der Waals surface area contributed by atoms with Gasteiger partial charge < -0.3 is 15.5 Å². The standard InChI is InChI=1S/C21H23ClFN3O2/c1-26(2)20(27)19-12-17(11-18(19)13-3-7-15(23)8-4-13)25-21(28)24-16-9-5-14(22)6-10-16/h3-10,17-19H,11-12H2,1-2H3,(H2,24,25,28)/t17-,18+,19-/m0/s1. The second-order valence-electron chi connectivity index (χ2n) is 7.27. The van der Waals surface area contributed by atoms with Crippen LogP contribution in [-0.2, 0) is 4.79 Å². The summed E-state index contributed by atoms with van der Waals surface area (Å²) in [5.41, 5.74) is 1.54. The summed E-state index contributed by atoms with van der Waals surface area (Å²) in [5.74, 6) is -0.636. The molecule has 1 fully saturated rings. The molecule has 0 spiro atoms. The molecule has 5 nitrogen and oxygen atoms in total. The third-order valence-corrected chi connectivity index (χ3v) is 5.31. The number of carbonyl (C=O) groups is 2. The summed E-state index contributed by atoms with van der Waals surface area (Å²) in [4.78, 5) is 26.6. The zero-order valence-electron chi connectivity index (χ0n) is 15.8. The van der Waals surface area contributed by atoms with Crippen molar-refractivity contribution in [3.05, 3.63) is 64.9 Å². The number of carbonyl (C=O) groups excluding carboxylic acids is 2. The van der Waals surface area contributed by atoms with E-state index in [9.17, 15) is 14.0 Å². The Bertz CT molecular complexity index is 840. The van der Waals surface area contributed by atoms with Crippen molar-refractivity contribution >= 4 is 29.2 Å². The van der Waals surface area contributed by atoms with E-state index < -0.39 is 0 Å². The summed E-state index contributed by atoms with van der Waals surface area (Å²) in [6.45, 7) is 0. The SMILES string of the molecule is CN(C)C(=O)[C@H]1C[C@@H](NC(=O)Nc2ccc(Cl)cc2)C[C@@H]1c1ccc(F)cc1. The summed E-state index contributed by atoms with van der Waals surface area (Å²) >= 11 is 5.85. The Morgan fingerprint density at radius 3 is 2.29 bits per heavy atom. The lowest BCUT2D eigenvalue weighted by atomic mass is 9.88. The minimum Gasteiger partial charge on any atom is -0.349 e. The molecule has 28 heavy (non-hydrogen) atoms. The van der Waals surface area contributed by atoms with Gasteiger partial charge in [0.2, 0.25) is 5.91 Å². The number of halogens is 2. The number of benzene rings is 2. The van der Waals surface area contributed by atoms with E-state index in [0.29, 0.717) is 23.6 Å². The van der Waals surface area contributed by atoms with Gasteiger partial charge in [0, 0.05) is 36.8 Å². The largest absolute Gasteiger partial charge is 0.349 e. The van der Waals surface area contributed by atoms with Crippen LogP contribution in [0, 0.1) is 11.7 Å². The number of nitrogens with one attached hydrogen (secondary N) is 2. The minimum atomic E-state index is -0.330. The highest BCUT2D eigenvalue weighted by molar-refractivity contribution is 6.30. The summed E-state index contributed by atoms with van der Waals surface area (Å²) in [5, 5.41) is 6.31. The van der Waals surface area contributed by atoms with E-state index >= 15 is 0 Å². The average Bonchev–Trinajstić information content (AvgIpc) is 3.07. The minimum absolute atomic E-state index is 0.0109. The van der Waals surface area contributed by atoms with Gasteiger partial charge in [-0.1, -0.05) is 23.7 Å². The van der Waals surface area contributed by atoms with Gasteiger partial charge >= 0.3 is 6.03 Å². The van der Waals surface area contributed by atoms with Crippen molar-refractivity contribution in [2.75, 3.05) is 19.4 Å². The van der Waals surface area contributed by atoms with Crippen molar-refractivity contribution < 1.29 is 14.0 Å². The zero-order chi connectivity index (χ0) is 20.3. The van der Waals surface area contributed by atoms with Crippen molar-refractivity contribution in [3.63, 3.8) is 0 Å². The number of hydrogen-bond acceptors (Lipinski definition) is 2. The highest BCUT2D eigenvalue weighted by atomic mass is 35.5. The van der Waals surface area contributed by atoms with Crippen LogP contribution in [-0.4, -0.2) is 37.0 Å². The second-order valence-corrected chi connectivity index (χ2v) is 7.71. The molecule has 0 unspecified atom stereocenters. The van der Waals surface area contributed by atoms with Crippen LogP contribution in [0.4, 0.5) is 14.9 Å².